The van der Waals surface area contributed by atoms with E-state index < -0.39 is 10.0 Å². The molecule has 1 aromatic heterocycles. The van der Waals surface area contributed by atoms with E-state index >= 15 is 0 Å². The first-order valence-electron chi connectivity index (χ1n) is 13.3. The van der Waals surface area contributed by atoms with Gasteiger partial charge in [-0.1, -0.05) is 30.7 Å². The van der Waals surface area contributed by atoms with Crippen LogP contribution in [0.15, 0.2) is 47.5 Å². The minimum absolute atomic E-state index is 0.0965. The molecular formula is C28H35ClN6O5S. The van der Waals surface area contributed by atoms with E-state index in [0.29, 0.717) is 36.7 Å². The molecule has 4 rings (SSSR count). The Morgan fingerprint density at radius 2 is 1.80 bits per heavy atom. The van der Waals surface area contributed by atoms with Crippen LogP contribution >= 0.6 is 11.6 Å². The largest absolute Gasteiger partial charge is 0.495 e. The molecule has 11 nitrogen and oxygen atoms in total. The molecular weight excluding hydrogens is 568 g/mol. The van der Waals surface area contributed by atoms with Gasteiger partial charge in [-0.05, 0) is 48.2 Å². The summed E-state index contributed by atoms with van der Waals surface area (Å²) in [7, 11) is 0.847. The number of rotatable bonds is 11. The van der Waals surface area contributed by atoms with Crippen LogP contribution in [0.1, 0.15) is 24.5 Å². The maximum Gasteiger partial charge on any atom is 0.305 e. The summed E-state index contributed by atoms with van der Waals surface area (Å²) in [5, 5.41) is 6.51. The van der Waals surface area contributed by atoms with Crippen molar-refractivity contribution >= 4 is 50.7 Å². The van der Waals surface area contributed by atoms with E-state index in [1.54, 1.807) is 32.2 Å². The van der Waals surface area contributed by atoms with Crippen LogP contribution in [0.3, 0.4) is 0 Å². The molecule has 41 heavy (non-hydrogen) atoms. The third kappa shape index (κ3) is 7.45. The van der Waals surface area contributed by atoms with Gasteiger partial charge >= 0.3 is 5.97 Å². The molecule has 2 aromatic carbocycles. The number of para-hydroxylation sites is 1. The number of fused-ring (bicyclic) bond motifs is 1. The molecule has 0 amide bonds. The van der Waals surface area contributed by atoms with Crippen LogP contribution in [0, 0.1) is 0 Å². The maximum absolute atomic E-state index is 12.8. The summed E-state index contributed by atoms with van der Waals surface area (Å²) in [4.78, 5) is 22.7. The number of ether oxygens (including phenoxy) is 2. The number of methoxy groups -OCH3 is 1. The summed E-state index contributed by atoms with van der Waals surface area (Å²) in [6.45, 7) is 4.55. The van der Waals surface area contributed by atoms with Crippen LogP contribution in [-0.2, 0) is 32.4 Å². The number of nitrogens with zero attached hydrogens (tertiary/aromatic N) is 4. The summed E-state index contributed by atoms with van der Waals surface area (Å²) in [5.74, 6) is 0.966. The van der Waals surface area contributed by atoms with Crippen molar-refractivity contribution < 1.29 is 22.7 Å². The predicted octanol–water partition coefficient (Wildman–Crippen LogP) is 4.23. The van der Waals surface area contributed by atoms with Gasteiger partial charge in [-0.25, -0.2) is 17.7 Å². The van der Waals surface area contributed by atoms with Crippen molar-refractivity contribution in [3.05, 3.63) is 58.7 Å². The van der Waals surface area contributed by atoms with E-state index in [4.69, 9.17) is 21.1 Å². The molecule has 220 valence electrons. The number of carbonyl (C=O) groups excluding carboxylic acids is 1. The Kier molecular flexibility index (Phi) is 10.0. The zero-order valence-electron chi connectivity index (χ0n) is 23.6. The molecule has 0 saturated heterocycles. The highest BCUT2D eigenvalue weighted by molar-refractivity contribution is 7.89. The molecule has 0 saturated carbocycles. The van der Waals surface area contributed by atoms with Gasteiger partial charge < -0.3 is 20.1 Å². The van der Waals surface area contributed by atoms with Crippen molar-refractivity contribution in [2.24, 2.45) is 0 Å². The third-order valence-electron chi connectivity index (χ3n) is 6.77. The van der Waals surface area contributed by atoms with Gasteiger partial charge in [0, 0.05) is 40.2 Å². The fourth-order valence-corrected chi connectivity index (χ4v) is 5.62. The van der Waals surface area contributed by atoms with Crippen molar-refractivity contribution in [3.8, 4) is 5.75 Å². The van der Waals surface area contributed by atoms with Gasteiger partial charge in [-0.2, -0.15) is 4.98 Å². The van der Waals surface area contributed by atoms with Gasteiger partial charge in [0.2, 0.25) is 16.0 Å². The number of sulfonamides is 1. The van der Waals surface area contributed by atoms with E-state index in [0.717, 1.165) is 30.2 Å². The number of carbonyl (C=O) groups is 1. The molecule has 2 heterocycles. The smallest absolute Gasteiger partial charge is 0.305 e. The lowest BCUT2D eigenvalue weighted by Gasteiger charge is -2.19. The summed E-state index contributed by atoms with van der Waals surface area (Å²) >= 11 is 6.39. The lowest BCUT2D eigenvalue weighted by atomic mass is 10.0. The van der Waals surface area contributed by atoms with Gasteiger partial charge in [0.15, 0.2) is 5.82 Å². The van der Waals surface area contributed by atoms with E-state index in [1.165, 1.54) is 37.5 Å². The molecule has 0 atom stereocenters. The van der Waals surface area contributed by atoms with Crippen LogP contribution in [0.4, 0.5) is 23.1 Å². The van der Waals surface area contributed by atoms with E-state index in [9.17, 15) is 13.2 Å². The van der Waals surface area contributed by atoms with Crippen molar-refractivity contribution in [1.82, 2.24) is 19.2 Å². The van der Waals surface area contributed by atoms with E-state index in [-0.39, 0.29) is 27.7 Å². The Morgan fingerprint density at radius 1 is 1.10 bits per heavy atom. The predicted molar refractivity (Wildman–Crippen MR) is 159 cm³/mol. The Labute approximate surface area is 245 Å². The number of anilines is 4. The van der Waals surface area contributed by atoms with Gasteiger partial charge in [0.05, 0.1) is 24.7 Å². The van der Waals surface area contributed by atoms with Gasteiger partial charge in [-0.3, -0.25) is 9.69 Å². The van der Waals surface area contributed by atoms with E-state index in [1.807, 2.05) is 12.1 Å². The van der Waals surface area contributed by atoms with Crippen molar-refractivity contribution in [1.29, 1.82) is 0 Å². The average molecular weight is 603 g/mol. The lowest BCUT2D eigenvalue weighted by Crippen LogP contribution is -2.30. The molecule has 0 spiro atoms. The zero-order valence-corrected chi connectivity index (χ0v) is 25.2. The molecule has 0 radical (unpaired) electrons. The summed E-state index contributed by atoms with van der Waals surface area (Å²) in [6, 6.07) is 10.6. The van der Waals surface area contributed by atoms with Crippen LogP contribution in [0.2, 0.25) is 5.02 Å². The fraction of sp³-hybridized carbons (Fsp3) is 0.393. The fourth-order valence-electron chi connectivity index (χ4n) is 4.44. The van der Waals surface area contributed by atoms with Crippen LogP contribution in [0.25, 0.3) is 0 Å². The molecule has 3 aromatic rings. The first-order valence-corrected chi connectivity index (χ1v) is 15.1. The van der Waals surface area contributed by atoms with Gasteiger partial charge in [0.25, 0.3) is 0 Å². The van der Waals surface area contributed by atoms with Crippen LogP contribution in [-0.4, -0.2) is 81.0 Å². The van der Waals surface area contributed by atoms with Crippen molar-refractivity contribution in [2.75, 3.05) is 58.1 Å². The zero-order chi connectivity index (χ0) is 29.6. The molecule has 1 aliphatic rings. The van der Waals surface area contributed by atoms with Crippen molar-refractivity contribution in [2.45, 2.75) is 31.1 Å². The second-order valence-corrected chi connectivity index (χ2v) is 12.2. The third-order valence-corrected chi connectivity index (χ3v) is 8.91. The maximum atomic E-state index is 12.8. The molecule has 1 aliphatic heterocycles. The number of halogens is 1. The number of nitrogens with one attached hydrogen (secondary N) is 2. The minimum Gasteiger partial charge on any atom is -0.495 e. The Hall–Kier alpha value is -3.45. The highest BCUT2D eigenvalue weighted by atomic mass is 35.5. The Bertz CT molecular complexity index is 1500. The molecule has 2 N–H and O–H groups in total. The van der Waals surface area contributed by atoms with Crippen molar-refractivity contribution in [3.63, 3.8) is 0 Å². The monoisotopic (exact) mass is 602 g/mol. The topological polar surface area (TPSA) is 126 Å². The number of hydrogen-bond donors (Lipinski definition) is 2. The SMILES string of the molecule is CCC(=O)OCCN1CCc2cc(Nc3ncc(Cl)c(Nc4ccccc4S(=O)(=O)N(C)C)n3)c(OC)cc2CC1. The molecule has 0 unspecified atom stereocenters. The Balaban J connectivity index is 1.53. The summed E-state index contributed by atoms with van der Waals surface area (Å²) in [5.41, 5.74) is 3.40. The highest BCUT2D eigenvalue weighted by Gasteiger charge is 2.22. The second-order valence-electron chi connectivity index (χ2n) is 9.66. The minimum atomic E-state index is -3.71. The van der Waals surface area contributed by atoms with Gasteiger partial charge in [0.1, 0.15) is 22.3 Å². The number of aromatic nitrogens is 2. The molecule has 13 heteroatoms. The molecule has 0 fully saturated rings. The van der Waals surface area contributed by atoms with Crippen LogP contribution < -0.4 is 15.4 Å². The number of hydrogen-bond acceptors (Lipinski definition) is 10. The normalized spacial score (nSPS) is 13.8. The Morgan fingerprint density at radius 3 is 2.49 bits per heavy atom. The first-order chi connectivity index (χ1) is 19.6. The second kappa shape index (κ2) is 13.5. The molecule has 0 aliphatic carbocycles. The number of benzene rings is 2. The van der Waals surface area contributed by atoms with Gasteiger partial charge in [-0.15, -0.1) is 0 Å². The lowest BCUT2D eigenvalue weighted by molar-refractivity contribution is -0.143. The molecule has 0 bridgehead atoms. The number of esters is 1. The first kappa shape index (κ1) is 30.5. The quantitative estimate of drug-likeness (QED) is 0.308. The van der Waals surface area contributed by atoms with E-state index in [2.05, 4.69) is 25.5 Å². The highest BCUT2D eigenvalue weighted by Crippen LogP contribution is 2.34. The standard InChI is InChI=1S/C28H35ClN6O5S/c1-5-26(36)40-15-14-35-12-10-19-16-23(24(39-4)17-20(19)11-13-35)32-28-30-18-21(29)27(33-28)31-22-8-6-7-9-25(22)41(37,38)34(2)3/h6-9,16-18H,5,10-15H2,1-4H3,(H2,30,31,32,33). The van der Waals surface area contributed by atoms with Crippen LogP contribution in [0.5, 0.6) is 5.75 Å². The summed E-state index contributed by atoms with van der Waals surface area (Å²) in [6.07, 6.45) is 3.48. The summed E-state index contributed by atoms with van der Waals surface area (Å²) < 4.78 is 37.7. The average Bonchev–Trinajstić information content (AvgIpc) is 3.16.